The molecule has 0 bridgehead atoms. The van der Waals surface area contributed by atoms with Crippen LogP contribution in [-0.4, -0.2) is 63.9 Å². The molecule has 1 fully saturated rings. The van der Waals surface area contributed by atoms with E-state index in [2.05, 4.69) is 41.9 Å². The van der Waals surface area contributed by atoms with Gasteiger partial charge in [-0.3, -0.25) is 14.7 Å². The van der Waals surface area contributed by atoms with Crippen LogP contribution < -0.4 is 5.32 Å². The Labute approximate surface area is 223 Å². The van der Waals surface area contributed by atoms with Gasteiger partial charge in [0.05, 0.1) is 11.1 Å². The summed E-state index contributed by atoms with van der Waals surface area (Å²) < 4.78 is 40.9. The Balaban J connectivity index is 1.36. The number of halogens is 3. The van der Waals surface area contributed by atoms with Gasteiger partial charge in [-0.15, -0.1) is 0 Å². The number of piperazine rings is 1. The van der Waals surface area contributed by atoms with Gasteiger partial charge in [-0.05, 0) is 36.7 Å². The molecule has 7 nitrogen and oxygen atoms in total. The van der Waals surface area contributed by atoms with Crippen molar-refractivity contribution in [1.29, 1.82) is 0 Å². The summed E-state index contributed by atoms with van der Waals surface area (Å²) in [5, 5.41) is 4.45. The van der Waals surface area contributed by atoms with Gasteiger partial charge in [-0.1, -0.05) is 30.2 Å². The quantitative estimate of drug-likeness (QED) is 0.394. The van der Waals surface area contributed by atoms with Gasteiger partial charge in [-0.2, -0.15) is 13.2 Å². The first-order chi connectivity index (χ1) is 18.7. The van der Waals surface area contributed by atoms with E-state index in [1.165, 1.54) is 12.4 Å². The first-order valence-corrected chi connectivity index (χ1v) is 12.3. The minimum absolute atomic E-state index is 0.0108. The summed E-state index contributed by atoms with van der Waals surface area (Å²) in [6, 6.07) is 12.7. The van der Waals surface area contributed by atoms with Gasteiger partial charge < -0.3 is 10.2 Å². The second kappa shape index (κ2) is 11.2. The molecule has 2 aromatic heterocycles. The average molecular weight is 531 g/mol. The number of hydrogen-bond donors (Lipinski definition) is 1. The molecule has 1 N–H and O–H groups in total. The topological polar surface area (TPSA) is 74.2 Å². The van der Waals surface area contributed by atoms with E-state index in [9.17, 15) is 18.0 Å². The Morgan fingerprint density at radius 3 is 2.59 bits per heavy atom. The molecule has 0 radical (unpaired) electrons. The number of pyridine rings is 1. The molecular formula is C29H25F3N6O. The van der Waals surface area contributed by atoms with Gasteiger partial charge in [-0.25, -0.2) is 9.97 Å². The molecule has 5 rings (SSSR count). The lowest BCUT2D eigenvalue weighted by Gasteiger charge is -2.32. The monoisotopic (exact) mass is 530 g/mol. The maximum absolute atomic E-state index is 13.6. The molecule has 0 aliphatic carbocycles. The van der Waals surface area contributed by atoms with E-state index < -0.39 is 17.6 Å². The Morgan fingerprint density at radius 2 is 1.79 bits per heavy atom. The number of hydrogen-bond acceptors (Lipinski definition) is 6. The molecule has 1 amide bonds. The summed E-state index contributed by atoms with van der Waals surface area (Å²) in [5.41, 5.74) is 0.692. The minimum Gasteiger partial charge on any atom is -0.321 e. The molecule has 1 aliphatic heterocycles. The fourth-order valence-corrected chi connectivity index (χ4v) is 4.38. The zero-order valence-electron chi connectivity index (χ0n) is 21.2. The van der Waals surface area contributed by atoms with Crippen LogP contribution in [0, 0.1) is 11.8 Å². The number of fused-ring (bicyclic) bond motifs is 1. The summed E-state index contributed by atoms with van der Waals surface area (Å²) in [7, 11) is 2.01. The number of amides is 1. The molecule has 2 aromatic carbocycles. The molecule has 198 valence electrons. The number of nitrogens with one attached hydrogen (secondary N) is 1. The number of nitrogens with zero attached hydrogens (tertiary/aromatic N) is 5. The van der Waals surface area contributed by atoms with Crippen molar-refractivity contribution < 1.29 is 18.0 Å². The first-order valence-electron chi connectivity index (χ1n) is 12.3. The molecule has 39 heavy (non-hydrogen) atoms. The first kappa shape index (κ1) is 26.3. The van der Waals surface area contributed by atoms with Crippen LogP contribution in [0.25, 0.3) is 10.8 Å². The standard InChI is InChI=1S/C29H25F3N6O/c1-37-8-10-38(11-9-37)18-20-12-23(29(30,31)32)14-25(13-20)36-28(39)27-15-24(34-19-35-27)7-6-22-17-33-16-21-4-2-3-5-26(21)22/h2-5,12-17,19H,8-11,18H2,1H3,(H,36,39). The van der Waals surface area contributed by atoms with Crippen LogP contribution in [-0.2, 0) is 12.7 Å². The fourth-order valence-electron chi connectivity index (χ4n) is 4.38. The highest BCUT2D eigenvalue weighted by Gasteiger charge is 2.31. The summed E-state index contributed by atoms with van der Waals surface area (Å²) >= 11 is 0. The molecule has 1 saturated heterocycles. The largest absolute Gasteiger partial charge is 0.416 e. The number of carbonyl (C=O) groups is 1. The fraction of sp³-hybridized carbons (Fsp3) is 0.241. The van der Waals surface area contributed by atoms with Gasteiger partial charge in [0.15, 0.2) is 0 Å². The van der Waals surface area contributed by atoms with Gasteiger partial charge >= 0.3 is 6.18 Å². The molecule has 10 heteroatoms. The second-order valence-corrected chi connectivity index (χ2v) is 9.40. The van der Waals surface area contributed by atoms with Crippen molar-refractivity contribution >= 4 is 22.4 Å². The molecule has 1 aliphatic rings. The zero-order valence-corrected chi connectivity index (χ0v) is 21.2. The third-order valence-corrected chi connectivity index (χ3v) is 6.47. The highest BCUT2D eigenvalue weighted by atomic mass is 19.4. The van der Waals surface area contributed by atoms with Crippen LogP contribution in [0.1, 0.15) is 32.9 Å². The van der Waals surface area contributed by atoms with Crippen LogP contribution >= 0.6 is 0 Å². The van der Waals surface area contributed by atoms with E-state index in [1.54, 1.807) is 18.5 Å². The third kappa shape index (κ3) is 6.57. The van der Waals surface area contributed by atoms with Crippen molar-refractivity contribution in [3.63, 3.8) is 0 Å². The van der Waals surface area contributed by atoms with E-state index in [0.29, 0.717) is 23.4 Å². The highest BCUT2D eigenvalue weighted by Crippen LogP contribution is 2.32. The van der Waals surface area contributed by atoms with Crippen LogP contribution in [0.4, 0.5) is 18.9 Å². The lowest BCUT2D eigenvalue weighted by Crippen LogP contribution is -2.43. The van der Waals surface area contributed by atoms with Crippen LogP contribution in [0.15, 0.2) is 67.3 Å². The second-order valence-electron chi connectivity index (χ2n) is 9.40. The Hall–Kier alpha value is -4.33. The molecule has 0 atom stereocenters. The lowest BCUT2D eigenvalue weighted by atomic mass is 10.1. The molecule has 0 spiro atoms. The Bertz CT molecular complexity index is 1560. The van der Waals surface area contributed by atoms with E-state index in [4.69, 9.17) is 0 Å². The summed E-state index contributed by atoms with van der Waals surface area (Å²) in [5.74, 6) is 5.29. The number of benzene rings is 2. The van der Waals surface area contributed by atoms with Crippen molar-refractivity contribution in [1.82, 2.24) is 24.8 Å². The molecular weight excluding hydrogens is 505 g/mol. The van der Waals surface area contributed by atoms with E-state index in [0.717, 1.165) is 49.1 Å². The normalized spacial score (nSPS) is 14.6. The highest BCUT2D eigenvalue weighted by molar-refractivity contribution is 6.03. The lowest BCUT2D eigenvalue weighted by molar-refractivity contribution is -0.137. The third-order valence-electron chi connectivity index (χ3n) is 6.47. The predicted molar refractivity (Wildman–Crippen MR) is 142 cm³/mol. The number of anilines is 1. The Kier molecular flexibility index (Phi) is 7.54. The van der Waals surface area contributed by atoms with Gasteiger partial charge in [0.2, 0.25) is 0 Å². The predicted octanol–water partition coefficient (Wildman–Crippen LogP) is 4.44. The number of alkyl halides is 3. The maximum Gasteiger partial charge on any atom is 0.416 e. The molecule has 0 saturated carbocycles. The van der Waals surface area contributed by atoms with Crippen LogP contribution in [0.5, 0.6) is 0 Å². The van der Waals surface area contributed by atoms with Crippen molar-refractivity contribution in [2.24, 2.45) is 0 Å². The SMILES string of the molecule is CN1CCN(Cc2cc(NC(=O)c3cc(C#Cc4cncc5ccccc45)ncn3)cc(C(F)(F)F)c2)CC1. The van der Waals surface area contributed by atoms with Crippen LogP contribution in [0.2, 0.25) is 0 Å². The van der Waals surface area contributed by atoms with E-state index in [-0.39, 0.29) is 11.4 Å². The van der Waals surface area contributed by atoms with Gasteiger partial charge in [0.1, 0.15) is 17.7 Å². The molecule has 4 aromatic rings. The number of rotatable bonds is 4. The number of aromatic nitrogens is 3. The van der Waals surface area contributed by atoms with E-state index in [1.807, 2.05) is 31.3 Å². The van der Waals surface area contributed by atoms with Crippen molar-refractivity contribution in [3.8, 4) is 11.8 Å². The van der Waals surface area contributed by atoms with E-state index >= 15 is 0 Å². The van der Waals surface area contributed by atoms with Crippen molar-refractivity contribution in [2.75, 3.05) is 38.5 Å². The van der Waals surface area contributed by atoms with Crippen LogP contribution in [0.3, 0.4) is 0 Å². The Morgan fingerprint density at radius 1 is 1.00 bits per heavy atom. The maximum atomic E-state index is 13.6. The molecule has 0 unspecified atom stereocenters. The average Bonchev–Trinajstić information content (AvgIpc) is 2.93. The van der Waals surface area contributed by atoms with Crippen molar-refractivity contribution in [2.45, 2.75) is 12.7 Å². The molecule has 3 heterocycles. The van der Waals surface area contributed by atoms with Gasteiger partial charge in [0, 0.05) is 67.6 Å². The van der Waals surface area contributed by atoms with Crippen molar-refractivity contribution in [3.05, 3.63) is 95.3 Å². The van der Waals surface area contributed by atoms with Gasteiger partial charge in [0.25, 0.3) is 5.91 Å². The summed E-state index contributed by atoms with van der Waals surface area (Å²) in [6.07, 6.45) is 0.0481. The smallest absolute Gasteiger partial charge is 0.321 e. The zero-order chi connectivity index (χ0) is 27.4. The summed E-state index contributed by atoms with van der Waals surface area (Å²) in [4.78, 5) is 29.5. The number of carbonyl (C=O) groups excluding carboxylic acids is 1. The summed E-state index contributed by atoms with van der Waals surface area (Å²) in [6.45, 7) is 3.57. The number of likely N-dealkylation sites (N-methyl/N-ethyl adjacent to an activating group) is 1. The minimum atomic E-state index is -4.55.